The fourth-order valence-electron chi connectivity index (χ4n) is 23.1. The van der Waals surface area contributed by atoms with Gasteiger partial charge in [0.15, 0.2) is 26.4 Å². The minimum atomic E-state index is -0.846. The lowest BCUT2D eigenvalue weighted by Crippen LogP contribution is -2.70. The average Bonchev–Trinajstić information content (AvgIpc) is 0.770. The highest BCUT2D eigenvalue weighted by molar-refractivity contribution is 6.31. The monoisotopic (exact) mass is 2120 g/mol. The molecule has 4 atom stereocenters. The summed E-state index contributed by atoms with van der Waals surface area (Å²) in [5.41, 5.74) is -0.624. The predicted octanol–water partition coefficient (Wildman–Crippen LogP) is 19.7. The van der Waals surface area contributed by atoms with Crippen molar-refractivity contribution in [1.29, 1.82) is 0 Å². The van der Waals surface area contributed by atoms with Gasteiger partial charge in [0.2, 0.25) is 17.3 Å². The van der Waals surface area contributed by atoms with E-state index in [-0.39, 0.29) is 168 Å². The maximum atomic E-state index is 14.1. The largest absolute Gasteiger partial charge is 0.484 e. The molecular formula is C109H113Cl4F6N11O18. The van der Waals surface area contributed by atoms with E-state index in [1.807, 2.05) is 25.1 Å². The van der Waals surface area contributed by atoms with Gasteiger partial charge in [0.25, 0.3) is 47.3 Å². The molecule has 8 amide bonds. The first kappa shape index (κ1) is 106. The number of carbonyl (C=O) groups is 8. The van der Waals surface area contributed by atoms with Crippen LogP contribution in [0.25, 0.3) is 22.2 Å². The molecule has 148 heavy (non-hydrogen) atoms. The number of rotatable bonds is 28. The van der Waals surface area contributed by atoms with Crippen molar-refractivity contribution in [3.63, 3.8) is 0 Å². The molecule has 782 valence electrons. The number of aromatic nitrogens is 3. The third-order valence-corrected chi connectivity index (χ3v) is 32.8. The number of ether oxygens (including phenoxy) is 4. The van der Waals surface area contributed by atoms with Crippen LogP contribution in [0.5, 0.6) is 23.0 Å². The second-order valence-electron chi connectivity index (χ2n) is 41.2. The number of benzene rings is 7. The molecule has 11 aromatic rings. The normalized spacial score (nSPS) is 25.3. The zero-order valence-electron chi connectivity index (χ0n) is 81.7. The summed E-state index contributed by atoms with van der Waals surface area (Å²) in [6, 6.07) is 40.0. The molecule has 13 aliphatic carbocycles. The molecule has 4 aromatic heterocycles. The standard InChI is InChI=1S/C28H29ClFN3O5.C27H25ClF3N3O4.C27H33ClFN3O4.C27H26ClFN2O5/c1-17-2-7-21(14-22(17)30)37-16-25(35)31-28-10-8-27(9-11-28,15-24(28)34)32-26(36)23-13-20(33-38-23)12-18-3-5-19(29)6-4-18;1-15-13-26(33-25(36)22-12-21(34-38-22)24-18(29)3-2-4-19(24)30)7-9-27(15,10-8-26)32-23(35)14-37-16-5-6-17(28)20(31)11-16;1-17-15-26(31-25(34)23-14-22(32-36-23)18-5-3-2-4-6-18)9-11-27(17,12-10-26)30-24(33)16-35-19-7-8-20(28)21(29)13-19;1-16-14-26(30-23(32)15-35-19-4-5-20(28)21(29)13-19)8-10-27(16,11-9-26)31-25(34)18-2-6-22-17(12-18)3-7-24(33)36-22/h2-7,13-14,24,34H,8-12,15-16H2,1H3,(H,31,35)(H,32,36);2-6,11-12,15H,7-10,13-14H2,1H3,(H,32,35)(H,33,36);7-8,13-14,17-18H,2-6,9-12,15-16H2,1H3,(H,30,33)(H,31,34);2-7,12-13,16H,8-11,14-15H2,1H3,(H,30,32)(H,31,34)/t;;;16-,26?,27?/m...0/s1. The second kappa shape index (κ2) is 44.4. The van der Waals surface area contributed by atoms with Crippen molar-refractivity contribution in [2.75, 3.05) is 26.4 Å². The van der Waals surface area contributed by atoms with Crippen LogP contribution in [-0.2, 0) is 25.6 Å². The number of carbonyl (C=O) groups excluding carboxylic acids is 8. The Morgan fingerprint density at radius 2 is 0.811 bits per heavy atom. The minimum absolute atomic E-state index is 0.00590. The van der Waals surface area contributed by atoms with Crippen molar-refractivity contribution >= 4 is 105 Å². The minimum Gasteiger partial charge on any atom is -0.484 e. The molecule has 0 spiro atoms. The van der Waals surface area contributed by atoms with Crippen LogP contribution in [0.2, 0.25) is 20.1 Å². The number of hydrogen-bond donors (Lipinski definition) is 9. The Morgan fingerprint density at radius 1 is 0.399 bits per heavy atom. The Balaban J connectivity index is 0.000000135. The SMILES string of the molecule is CC1CC2(NC(=O)c3cc(-c4c(F)cccc4F)no3)CCC1(NC(=O)COc1ccc(Cl)c(F)c1)CC2.CC1CC2(NC(=O)c3cc(C4CCCCC4)no3)CCC1(NC(=O)COc1ccc(Cl)c(F)c1)CC2.C[C@H]1CC2(NC(=O)COc3ccc(Cl)c(F)c3)CCC1(NC(=O)c1ccc3oc(=O)ccc3c1)CC2.Cc1ccc(OCC(=O)NC23CCC(NC(=O)c4cc(Cc5ccc(Cl)cc5)no4)(CC2)CC3O)cc1F. The first-order valence-electron chi connectivity index (χ1n) is 49.7. The Morgan fingerprint density at radius 3 is 1.28 bits per heavy atom. The molecule has 13 aliphatic rings. The Labute approximate surface area is 868 Å². The van der Waals surface area contributed by atoms with Crippen LogP contribution in [0.1, 0.15) is 252 Å². The van der Waals surface area contributed by atoms with Gasteiger partial charge in [0.05, 0.1) is 43.7 Å². The summed E-state index contributed by atoms with van der Waals surface area (Å²) < 4.78 is 126. The van der Waals surface area contributed by atoms with Crippen molar-refractivity contribution in [1.82, 2.24) is 58.0 Å². The highest BCUT2D eigenvalue weighted by Gasteiger charge is 2.59. The number of nitrogens with zero attached hydrogens (tertiary/aromatic N) is 3. The molecule has 39 heteroatoms. The van der Waals surface area contributed by atoms with Crippen LogP contribution < -0.4 is 67.1 Å². The molecule has 0 radical (unpaired) electrons. The summed E-state index contributed by atoms with van der Waals surface area (Å²) in [6.07, 6.45) is 18.7. The molecule has 7 aromatic carbocycles. The van der Waals surface area contributed by atoms with E-state index in [9.17, 15) is 74.6 Å². The van der Waals surface area contributed by atoms with Crippen LogP contribution in [0, 0.1) is 59.6 Å². The summed E-state index contributed by atoms with van der Waals surface area (Å²) in [5, 5.41) is 49.2. The van der Waals surface area contributed by atoms with E-state index in [1.54, 1.807) is 61.5 Å². The molecule has 8 bridgehead atoms. The van der Waals surface area contributed by atoms with Gasteiger partial charge in [-0.25, -0.2) is 31.1 Å². The van der Waals surface area contributed by atoms with Crippen molar-refractivity contribution in [2.45, 2.75) is 251 Å². The lowest BCUT2D eigenvalue weighted by atomic mass is 9.56. The molecule has 3 unspecified atom stereocenters. The molecule has 9 N–H and O–H groups in total. The fraction of sp³-hybridized carbons (Fsp3) is 0.431. The van der Waals surface area contributed by atoms with Crippen LogP contribution in [-0.4, -0.2) is 145 Å². The number of amides is 8. The summed E-state index contributed by atoms with van der Waals surface area (Å²) >= 11 is 23.0. The maximum absolute atomic E-state index is 14.1. The van der Waals surface area contributed by atoms with Crippen molar-refractivity contribution in [3.05, 3.63) is 275 Å². The summed E-state index contributed by atoms with van der Waals surface area (Å²) in [7, 11) is 0. The number of aryl methyl sites for hydroxylation is 1. The van der Waals surface area contributed by atoms with E-state index in [2.05, 4.69) is 71.9 Å². The van der Waals surface area contributed by atoms with E-state index in [0.29, 0.717) is 109 Å². The summed E-state index contributed by atoms with van der Waals surface area (Å²) in [4.78, 5) is 114. The van der Waals surface area contributed by atoms with Crippen LogP contribution >= 0.6 is 46.4 Å². The van der Waals surface area contributed by atoms with E-state index in [0.717, 1.165) is 113 Å². The van der Waals surface area contributed by atoms with Crippen LogP contribution in [0.4, 0.5) is 26.3 Å². The number of aliphatic hydroxyl groups excluding tert-OH is 1. The molecule has 13 fully saturated rings. The van der Waals surface area contributed by atoms with Crippen molar-refractivity contribution in [3.8, 4) is 34.3 Å². The zero-order valence-corrected chi connectivity index (χ0v) is 84.7. The molecular weight excluding hydrogens is 2010 g/mol. The average molecular weight is 2120 g/mol. The van der Waals surface area contributed by atoms with Crippen LogP contribution in [0.3, 0.4) is 0 Å². The number of halogens is 10. The Kier molecular flexibility index (Phi) is 31.9. The molecule has 24 rings (SSSR count). The zero-order chi connectivity index (χ0) is 105. The van der Waals surface area contributed by atoms with Gasteiger partial charge in [0.1, 0.15) is 69.2 Å². The van der Waals surface area contributed by atoms with E-state index < -0.39 is 80.6 Å². The molecule has 13 saturated carbocycles. The van der Waals surface area contributed by atoms with Gasteiger partial charge in [-0.15, -0.1) is 0 Å². The smallest absolute Gasteiger partial charge is 0.336 e. The van der Waals surface area contributed by atoms with Gasteiger partial charge in [0, 0.05) is 116 Å². The highest BCUT2D eigenvalue weighted by Crippen LogP contribution is 2.55. The van der Waals surface area contributed by atoms with Gasteiger partial charge in [-0.2, -0.15) is 0 Å². The van der Waals surface area contributed by atoms with Gasteiger partial charge in [-0.3, -0.25) is 38.4 Å². The topological polar surface area (TPSA) is 398 Å². The predicted molar refractivity (Wildman–Crippen MR) is 535 cm³/mol. The van der Waals surface area contributed by atoms with Gasteiger partial charge in [-0.05, 0) is 268 Å². The quantitative estimate of drug-likeness (QED) is 0.0162. The van der Waals surface area contributed by atoms with Gasteiger partial charge >= 0.3 is 5.63 Å². The summed E-state index contributed by atoms with van der Waals surface area (Å²) in [6.45, 7) is 6.89. The molecule has 0 aliphatic heterocycles. The first-order valence-corrected chi connectivity index (χ1v) is 51.2. The fourth-order valence-corrected chi connectivity index (χ4v) is 23.6. The van der Waals surface area contributed by atoms with E-state index >= 15 is 0 Å². The lowest BCUT2D eigenvalue weighted by Gasteiger charge is -2.57. The maximum Gasteiger partial charge on any atom is 0.336 e. The molecule has 4 heterocycles. The van der Waals surface area contributed by atoms with Crippen LogP contribution in [0.15, 0.2) is 187 Å². The van der Waals surface area contributed by atoms with Gasteiger partial charge < -0.3 is 84.6 Å². The number of hydrogen-bond acceptors (Lipinski definition) is 21. The Hall–Kier alpha value is -13.0. The molecule has 29 nitrogen and oxygen atoms in total. The Bertz CT molecular complexity index is 6820. The van der Waals surface area contributed by atoms with Gasteiger partial charge in [-0.1, -0.05) is 126 Å². The third-order valence-electron chi connectivity index (χ3n) is 31.6. The number of aliphatic hydroxyl groups is 1. The number of nitrogens with one attached hydrogen (secondary N) is 8. The van der Waals surface area contributed by atoms with E-state index in [4.69, 9.17) is 83.3 Å². The molecule has 0 saturated heterocycles. The van der Waals surface area contributed by atoms with E-state index in [1.165, 1.54) is 86.0 Å². The first-order chi connectivity index (χ1) is 70.7. The third kappa shape index (κ3) is 24.4. The second-order valence-corrected chi connectivity index (χ2v) is 42.9. The highest BCUT2D eigenvalue weighted by atomic mass is 35.5. The van der Waals surface area contributed by atoms with Crippen molar-refractivity contribution < 1.29 is 107 Å². The lowest BCUT2D eigenvalue weighted by molar-refractivity contribution is -0.132. The van der Waals surface area contributed by atoms with Crippen molar-refractivity contribution in [2.24, 2.45) is 17.8 Å². The summed E-state index contributed by atoms with van der Waals surface area (Å²) in [5.74, 6) is -4.38. The number of fused-ring (bicyclic) bond motifs is 13.